The first-order chi connectivity index (χ1) is 15.9. The average Bonchev–Trinajstić information content (AvgIpc) is 3.18. The Morgan fingerprint density at radius 1 is 1.21 bits per heavy atom. The molecule has 0 radical (unpaired) electrons. The Hall–Kier alpha value is -2.68. The van der Waals surface area contributed by atoms with Crippen molar-refractivity contribution in [1.82, 2.24) is 14.3 Å². The quantitative estimate of drug-likeness (QED) is 0.406. The van der Waals surface area contributed by atoms with Crippen LogP contribution in [0, 0.1) is 5.92 Å². The van der Waals surface area contributed by atoms with E-state index in [2.05, 4.69) is 15.1 Å². The molecule has 1 saturated heterocycles. The predicted octanol–water partition coefficient (Wildman–Crippen LogP) is 3.85. The van der Waals surface area contributed by atoms with Gasteiger partial charge >= 0.3 is 0 Å². The zero-order chi connectivity index (χ0) is 23.4. The summed E-state index contributed by atoms with van der Waals surface area (Å²) in [6, 6.07) is 15.7. The number of carbonyl (C=O) groups is 1. The van der Waals surface area contributed by atoms with Gasteiger partial charge in [-0.25, -0.2) is 18.1 Å². The van der Waals surface area contributed by atoms with Crippen molar-refractivity contribution in [3.63, 3.8) is 0 Å². The lowest BCUT2D eigenvalue weighted by atomic mass is 9.99. The second kappa shape index (κ2) is 10.1. The van der Waals surface area contributed by atoms with E-state index in [9.17, 15) is 13.2 Å². The molecule has 2 heterocycles. The Bertz CT molecular complexity index is 1290. The molecule has 4 rings (SSSR count). The summed E-state index contributed by atoms with van der Waals surface area (Å²) in [5.41, 5.74) is 5.53. The summed E-state index contributed by atoms with van der Waals surface area (Å²) >= 11 is 6.34. The summed E-state index contributed by atoms with van der Waals surface area (Å²) in [6.45, 7) is 2.90. The molecule has 9 heteroatoms. The first-order valence-electron chi connectivity index (χ1n) is 11.0. The lowest BCUT2D eigenvalue weighted by Gasteiger charge is -2.30. The molecule has 174 valence electrons. The Morgan fingerprint density at radius 3 is 2.76 bits per heavy atom. The van der Waals surface area contributed by atoms with Crippen molar-refractivity contribution >= 4 is 44.6 Å². The zero-order valence-electron chi connectivity index (χ0n) is 18.4. The maximum absolute atomic E-state index is 12.6. The monoisotopic (exact) mass is 486 g/mol. The minimum absolute atomic E-state index is 0.0394. The number of piperidine rings is 1. The summed E-state index contributed by atoms with van der Waals surface area (Å²) in [4.78, 5) is 12.6. The van der Waals surface area contributed by atoms with E-state index in [4.69, 9.17) is 11.6 Å². The van der Waals surface area contributed by atoms with Crippen molar-refractivity contribution < 1.29 is 13.2 Å². The smallest absolute Gasteiger partial charge is 0.244 e. The Labute approximate surface area is 199 Å². The number of nitrogens with one attached hydrogen (secondary N) is 1. The predicted molar refractivity (Wildman–Crippen MR) is 132 cm³/mol. The number of hydrogen-bond donors (Lipinski definition) is 1. The van der Waals surface area contributed by atoms with Crippen LogP contribution in [0.1, 0.15) is 30.9 Å². The molecule has 1 amide bonds. The van der Waals surface area contributed by atoms with Crippen LogP contribution in [0.25, 0.3) is 10.9 Å². The van der Waals surface area contributed by atoms with E-state index in [0.29, 0.717) is 31.0 Å². The third-order valence-corrected chi connectivity index (χ3v) is 8.23. The average molecular weight is 487 g/mol. The van der Waals surface area contributed by atoms with Crippen LogP contribution < -0.4 is 5.43 Å². The number of hydrazone groups is 1. The van der Waals surface area contributed by atoms with Crippen molar-refractivity contribution in [2.75, 3.05) is 18.8 Å². The third kappa shape index (κ3) is 5.29. The van der Waals surface area contributed by atoms with E-state index in [1.54, 1.807) is 13.1 Å². The molecule has 1 aromatic heterocycles. The van der Waals surface area contributed by atoms with Crippen molar-refractivity contribution in [2.24, 2.45) is 11.0 Å². The van der Waals surface area contributed by atoms with Gasteiger partial charge in [0.1, 0.15) is 0 Å². The number of nitrogens with zero attached hydrogens (tertiary/aromatic N) is 3. The molecule has 1 aliphatic heterocycles. The van der Waals surface area contributed by atoms with Crippen LogP contribution in [0.15, 0.2) is 59.8 Å². The molecule has 1 fully saturated rings. The molecule has 33 heavy (non-hydrogen) atoms. The van der Waals surface area contributed by atoms with Crippen LogP contribution >= 0.6 is 11.6 Å². The van der Waals surface area contributed by atoms with Gasteiger partial charge in [0.05, 0.1) is 17.9 Å². The molecule has 1 atom stereocenters. The summed E-state index contributed by atoms with van der Waals surface area (Å²) in [7, 11) is -3.30. The number of sulfonamides is 1. The van der Waals surface area contributed by atoms with Crippen molar-refractivity contribution in [2.45, 2.75) is 26.3 Å². The summed E-state index contributed by atoms with van der Waals surface area (Å²) in [6.07, 6.45) is 4.93. The van der Waals surface area contributed by atoms with E-state index in [-0.39, 0.29) is 18.2 Å². The summed E-state index contributed by atoms with van der Waals surface area (Å²) in [5, 5.41) is 5.91. The van der Waals surface area contributed by atoms with Crippen LogP contribution in [0.2, 0.25) is 5.02 Å². The van der Waals surface area contributed by atoms with E-state index in [1.807, 2.05) is 54.7 Å². The molecular formula is C24H27ClN4O3S. The topological polar surface area (TPSA) is 83.8 Å². The highest BCUT2D eigenvalue weighted by atomic mass is 35.5. The highest BCUT2D eigenvalue weighted by Crippen LogP contribution is 2.24. The fourth-order valence-electron chi connectivity index (χ4n) is 4.17. The molecule has 1 aliphatic rings. The van der Waals surface area contributed by atoms with Crippen LogP contribution in [-0.2, 0) is 21.4 Å². The lowest BCUT2D eigenvalue weighted by molar-refractivity contribution is -0.126. The number of para-hydroxylation sites is 1. The molecule has 3 aromatic rings. The number of rotatable bonds is 7. The van der Waals surface area contributed by atoms with E-state index < -0.39 is 15.9 Å². The first kappa shape index (κ1) is 23.5. The number of amides is 1. The molecular weight excluding hydrogens is 460 g/mol. The maximum Gasteiger partial charge on any atom is 0.244 e. The van der Waals surface area contributed by atoms with E-state index in [1.165, 1.54) is 4.31 Å². The van der Waals surface area contributed by atoms with E-state index >= 15 is 0 Å². The molecule has 0 unspecified atom stereocenters. The highest BCUT2D eigenvalue weighted by Gasteiger charge is 2.31. The van der Waals surface area contributed by atoms with Gasteiger partial charge < -0.3 is 4.57 Å². The first-order valence-corrected chi connectivity index (χ1v) is 13.0. The zero-order valence-corrected chi connectivity index (χ0v) is 20.0. The second-order valence-corrected chi connectivity index (χ2v) is 10.8. The maximum atomic E-state index is 12.6. The molecule has 7 nitrogen and oxygen atoms in total. The Kier molecular flexibility index (Phi) is 7.17. The van der Waals surface area contributed by atoms with Gasteiger partial charge in [-0.05, 0) is 37.5 Å². The van der Waals surface area contributed by atoms with Crippen molar-refractivity contribution in [1.29, 1.82) is 0 Å². The molecule has 2 aromatic carbocycles. The normalized spacial score (nSPS) is 17.6. The number of fused-ring (bicyclic) bond motifs is 1. The molecule has 0 saturated carbocycles. The number of halogens is 1. The van der Waals surface area contributed by atoms with Gasteiger partial charge in [-0.1, -0.05) is 48.0 Å². The third-order valence-electron chi connectivity index (χ3n) is 6.01. The Balaban J connectivity index is 1.48. The van der Waals surface area contributed by atoms with Crippen LogP contribution in [0.4, 0.5) is 0 Å². The second-order valence-electron chi connectivity index (χ2n) is 8.15. The summed E-state index contributed by atoms with van der Waals surface area (Å²) in [5.74, 6) is -0.626. The Morgan fingerprint density at radius 2 is 1.97 bits per heavy atom. The number of carbonyl (C=O) groups excluding carboxylic acids is 1. The fourth-order valence-corrected chi connectivity index (χ4v) is 5.54. The van der Waals surface area contributed by atoms with E-state index in [0.717, 1.165) is 22.0 Å². The minimum Gasteiger partial charge on any atom is -0.342 e. The number of benzene rings is 2. The van der Waals surface area contributed by atoms with Gasteiger partial charge in [0.25, 0.3) is 0 Å². The molecule has 0 spiro atoms. The molecule has 0 bridgehead atoms. The fraction of sp³-hybridized carbons (Fsp3) is 0.333. The standard InChI is InChI=1S/C24H27ClN4O3S/c1-2-33(31,32)29-13-7-9-19(17-29)24(30)27-26-14-20-16-28(23-12-6-4-10-21(20)23)15-18-8-3-5-11-22(18)25/h3-6,8,10-12,14,16,19H,2,7,9,13,15,17H2,1H3,(H,27,30)/b26-14-/t19-/m1/s1. The SMILES string of the molecule is CCS(=O)(=O)N1CCC[C@@H](C(=O)N/N=C\c2cn(Cc3ccccc3Cl)c3ccccc23)C1. The van der Waals surface area contributed by atoms with Crippen LogP contribution in [0.5, 0.6) is 0 Å². The minimum atomic E-state index is -3.30. The van der Waals surface area contributed by atoms with Crippen molar-refractivity contribution in [3.05, 3.63) is 70.9 Å². The van der Waals surface area contributed by atoms with Crippen molar-refractivity contribution in [3.8, 4) is 0 Å². The molecule has 1 N–H and O–H groups in total. The summed E-state index contributed by atoms with van der Waals surface area (Å²) < 4.78 is 27.8. The van der Waals surface area contributed by atoms with Gasteiger partial charge in [0, 0.05) is 47.3 Å². The van der Waals surface area contributed by atoms with Gasteiger partial charge in [0.15, 0.2) is 0 Å². The number of aromatic nitrogens is 1. The van der Waals surface area contributed by atoms with Gasteiger partial charge in [0.2, 0.25) is 15.9 Å². The highest BCUT2D eigenvalue weighted by molar-refractivity contribution is 7.89. The van der Waals surface area contributed by atoms with Gasteiger partial charge in [-0.2, -0.15) is 5.10 Å². The lowest BCUT2D eigenvalue weighted by Crippen LogP contribution is -2.45. The largest absolute Gasteiger partial charge is 0.342 e. The number of hydrogen-bond acceptors (Lipinski definition) is 4. The van der Waals surface area contributed by atoms with Gasteiger partial charge in [-0.3, -0.25) is 4.79 Å². The molecule has 0 aliphatic carbocycles. The van der Waals surface area contributed by atoms with Crippen LogP contribution in [-0.4, -0.2) is 48.3 Å². The van der Waals surface area contributed by atoms with Gasteiger partial charge in [-0.15, -0.1) is 0 Å². The van der Waals surface area contributed by atoms with Crippen LogP contribution in [0.3, 0.4) is 0 Å².